The van der Waals surface area contributed by atoms with Crippen LogP contribution in [0.15, 0.2) is 48.5 Å². The molecule has 0 amide bonds. The molecule has 0 fully saturated rings. The Morgan fingerprint density at radius 2 is 1.74 bits per heavy atom. The van der Waals surface area contributed by atoms with Crippen LogP contribution in [0.25, 0.3) is 0 Å². The number of methoxy groups -OCH3 is 1. The van der Waals surface area contributed by atoms with Gasteiger partial charge in [-0.3, -0.25) is 0 Å². The summed E-state index contributed by atoms with van der Waals surface area (Å²) in [6, 6.07) is 17.0. The minimum Gasteiger partial charge on any atom is -0.496 e. The molecule has 0 aliphatic rings. The second-order valence-corrected chi connectivity index (χ2v) is 4.86. The van der Waals surface area contributed by atoms with Crippen molar-refractivity contribution in [2.24, 2.45) is 0 Å². The second kappa shape index (κ2) is 6.98. The third-order valence-corrected chi connectivity index (χ3v) is 3.47. The van der Waals surface area contributed by atoms with Gasteiger partial charge in [-0.25, -0.2) is 0 Å². The number of ether oxygens (including phenoxy) is 1. The molecule has 0 bridgehead atoms. The first-order chi connectivity index (χ1) is 9.35. The summed E-state index contributed by atoms with van der Waals surface area (Å²) in [6.07, 6.45) is 4.54. The molecule has 0 atom stereocenters. The van der Waals surface area contributed by atoms with Gasteiger partial charge in [-0.1, -0.05) is 55.8 Å². The average molecular weight is 254 g/mol. The number of rotatable bonds is 6. The van der Waals surface area contributed by atoms with E-state index in [1.54, 1.807) is 7.11 Å². The number of hydrogen-bond donors (Lipinski definition) is 0. The Balaban J connectivity index is 2.30. The molecule has 0 aliphatic heterocycles. The minimum absolute atomic E-state index is 0.948. The molecule has 100 valence electrons. The van der Waals surface area contributed by atoms with Crippen LogP contribution in [0.3, 0.4) is 0 Å². The third-order valence-electron chi connectivity index (χ3n) is 3.47. The SMILES string of the molecule is CCCCc1cccc(OC)c1Cc1ccccc1. The topological polar surface area (TPSA) is 9.23 Å². The molecule has 0 saturated carbocycles. The summed E-state index contributed by atoms with van der Waals surface area (Å²) in [4.78, 5) is 0. The van der Waals surface area contributed by atoms with Crippen LogP contribution >= 0.6 is 0 Å². The predicted octanol–water partition coefficient (Wildman–Crippen LogP) is 4.63. The molecule has 0 radical (unpaired) electrons. The van der Waals surface area contributed by atoms with Gasteiger partial charge in [0.1, 0.15) is 5.75 Å². The van der Waals surface area contributed by atoms with Crippen LogP contribution in [0.2, 0.25) is 0 Å². The van der Waals surface area contributed by atoms with E-state index in [-0.39, 0.29) is 0 Å². The zero-order valence-electron chi connectivity index (χ0n) is 11.9. The lowest BCUT2D eigenvalue weighted by Crippen LogP contribution is -2.00. The molecule has 0 unspecified atom stereocenters. The van der Waals surface area contributed by atoms with Crippen LogP contribution in [-0.2, 0) is 12.8 Å². The van der Waals surface area contributed by atoms with Gasteiger partial charge in [0.25, 0.3) is 0 Å². The lowest BCUT2D eigenvalue weighted by atomic mass is 9.95. The lowest BCUT2D eigenvalue weighted by molar-refractivity contribution is 0.409. The molecule has 2 aromatic rings. The highest BCUT2D eigenvalue weighted by atomic mass is 16.5. The Labute approximate surface area is 116 Å². The van der Waals surface area contributed by atoms with E-state index in [4.69, 9.17) is 4.74 Å². The highest BCUT2D eigenvalue weighted by Crippen LogP contribution is 2.26. The van der Waals surface area contributed by atoms with Gasteiger partial charge in [-0.05, 0) is 30.0 Å². The zero-order valence-corrected chi connectivity index (χ0v) is 11.9. The fraction of sp³-hybridized carbons (Fsp3) is 0.333. The molecule has 0 aromatic heterocycles. The second-order valence-electron chi connectivity index (χ2n) is 4.86. The van der Waals surface area contributed by atoms with Gasteiger partial charge in [0.2, 0.25) is 0 Å². The van der Waals surface area contributed by atoms with Crippen molar-refractivity contribution in [2.45, 2.75) is 32.6 Å². The van der Waals surface area contributed by atoms with Crippen LogP contribution in [0.4, 0.5) is 0 Å². The summed E-state index contributed by atoms with van der Waals surface area (Å²) in [5.41, 5.74) is 4.10. The fourth-order valence-electron chi connectivity index (χ4n) is 2.40. The first-order valence-corrected chi connectivity index (χ1v) is 7.03. The fourth-order valence-corrected chi connectivity index (χ4v) is 2.40. The maximum Gasteiger partial charge on any atom is 0.122 e. The highest BCUT2D eigenvalue weighted by molar-refractivity contribution is 5.43. The standard InChI is InChI=1S/C18H22O/c1-3-4-11-16-12-8-13-18(19-2)17(16)14-15-9-6-5-7-10-15/h5-10,12-13H,3-4,11,14H2,1-2H3. The van der Waals surface area contributed by atoms with Crippen LogP contribution in [0.1, 0.15) is 36.5 Å². The molecule has 0 N–H and O–H groups in total. The summed E-state index contributed by atoms with van der Waals surface area (Å²) in [5.74, 6) is 1.01. The third kappa shape index (κ3) is 3.60. The van der Waals surface area contributed by atoms with Crippen LogP contribution in [-0.4, -0.2) is 7.11 Å². The van der Waals surface area contributed by atoms with Crippen molar-refractivity contribution in [2.75, 3.05) is 7.11 Å². The van der Waals surface area contributed by atoms with Crippen molar-refractivity contribution in [1.29, 1.82) is 0 Å². The van der Waals surface area contributed by atoms with E-state index < -0.39 is 0 Å². The van der Waals surface area contributed by atoms with E-state index in [9.17, 15) is 0 Å². The van der Waals surface area contributed by atoms with E-state index >= 15 is 0 Å². The Kier molecular flexibility index (Phi) is 5.02. The number of unbranched alkanes of at least 4 members (excludes halogenated alkanes) is 1. The molecule has 0 heterocycles. The van der Waals surface area contributed by atoms with E-state index in [1.807, 2.05) is 0 Å². The molecule has 0 aliphatic carbocycles. The normalized spacial score (nSPS) is 10.4. The Morgan fingerprint density at radius 3 is 2.42 bits per heavy atom. The first-order valence-electron chi connectivity index (χ1n) is 7.03. The maximum atomic E-state index is 5.54. The summed E-state index contributed by atoms with van der Waals surface area (Å²) >= 11 is 0. The van der Waals surface area contributed by atoms with Gasteiger partial charge >= 0.3 is 0 Å². The van der Waals surface area contributed by atoms with Crippen LogP contribution in [0.5, 0.6) is 5.75 Å². The molecule has 2 rings (SSSR count). The summed E-state index contributed by atoms with van der Waals surface area (Å²) in [6.45, 7) is 2.23. The van der Waals surface area contributed by atoms with E-state index in [1.165, 1.54) is 29.5 Å². The van der Waals surface area contributed by atoms with Gasteiger partial charge in [-0.15, -0.1) is 0 Å². The molecule has 1 heteroatoms. The maximum absolute atomic E-state index is 5.54. The molecular formula is C18H22O. The van der Waals surface area contributed by atoms with Gasteiger partial charge in [0.15, 0.2) is 0 Å². The smallest absolute Gasteiger partial charge is 0.122 e. The summed E-state index contributed by atoms with van der Waals surface area (Å²) < 4.78 is 5.54. The predicted molar refractivity (Wildman–Crippen MR) is 80.9 cm³/mol. The van der Waals surface area contributed by atoms with Crippen molar-refractivity contribution in [3.63, 3.8) is 0 Å². The van der Waals surface area contributed by atoms with E-state index in [0.717, 1.165) is 18.6 Å². The molecule has 19 heavy (non-hydrogen) atoms. The van der Waals surface area contributed by atoms with Crippen molar-refractivity contribution >= 4 is 0 Å². The quantitative estimate of drug-likeness (QED) is 0.730. The number of aryl methyl sites for hydroxylation is 1. The monoisotopic (exact) mass is 254 g/mol. The average Bonchev–Trinajstić information content (AvgIpc) is 2.47. The van der Waals surface area contributed by atoms with Gasteiger partial charge in [-0.2, -0.15) is 0 Å². The summed E-state index contributed by atoms with van der Waals surface area (Å²) in [5, 5.41) is 0. The molecule has 1 nitrogen and oxygen atoms in total. The number of benzene rings is 2. The Morgan fingerprint density at radius 1 is 0.947 bits per heavy atom. The van der Waals surface area contributed by atoms with Crippen molar-refractivity contribution in [1.82, 2.24) is 0 Å². The van der Waals surface area contributed by atoms with Crippen LogP contribution < -0.4 is 4.74 Å². The van der Waals surface area contributed by atoms with Crippen LogP contribution in [0, 0.1) is 0 Å². The highest BCUT2D eigenvalue weighted by Gasteiger charge is 2.09. The lowest BCUT2D eigenvalue weighted by Gasteiger charge is -2.14. The van der Waals surface area contributed by atoms with Gasteiger partial charge < -0.3 is 4.74 Å². The molecule has 2 aromatic carbocycles. The van der Waals surface area contributed by atoms with Crippen molar-refractivity contribution in [3.05, 3.63) is 65.2 Å². The number of hydrogen-bond acceptors (Lipinski definition) is 1. The largest absolute Gasteiger partial charge is 0.496 e. The van der Waals surface area contributed by atoms with E-state index in [0.29, 0.717) is 0 Å². The Bertz CT molecular complexity index is 502. The Hall–Kier alpha value is -1.76. The molecule has 0 spiro atoms. The minimum atomic E-state index is 0.948. The van der Waals surface area contributed by atoms with Crippen molar-refractivity contribution in [3.8, 4) is 5.75 Å². The zero-order chi connectivity index (χ0) is 13.5. The first kappa shape index (κ1) is 13.7. The molecular weight excluding hydrogens is 232 g/mol. The molecule has 0 saturated heterocycles. The van der Waals surface area contributed by atoms with E-state index in [2.05, 4.69) is 55.5 Å². The van der Waals surface area contributed by atoms with Gasteiger partial charge in [0.05, 0.1) is 7.11 Å². The van der Waals surface area contributed by atoms with Crippen molar-refractivity contribution < 1.29 is 4.74 Å². The van der Waals surface area contributed by atoms with Gasteiger partial charge in [0, 0.05) is 12.0 Å². The summed E-state index contributed by atoms with van der Waals surface area (Å²) in [7, 11) is 1.76.